The molecule has 18 heavy (non-hydrogen) atoms. The normalized spacial score (nSPS) is 19.9. The zero-order valence-corrected chi connectivity index (χ0v) is 12.0. The van der Waals surface area contributed by atoms with Crippen LogP contribution < -0.4 is 5.32 Å². The minimum atomic E-state index is 0.541. The van der Waals surface area contributed by atoms with Gasteiger partial charge in [0.15, 0.2) is 0 Å². The maximum Gasteiger partial charge on any atom is 0.129 e. The molecule has 1 atom stereocenters. The van der Waals surface area contributed by atoms with Crippen molar-refractivity contribution in [2.75, 3.05) is 13.1 Å². The van der Waals surface area contributed by atoms with E-state index in [9.17, 15) is 0 Å². The number of rotatable bonds is 5. The lowest BCUT2D eigenvalue weighted by atomic mass is 10.1. The van der Waals surface area contributed by atoms with Crippen LogP contribution in [0.3, 0.4) is 0 Å². The van der Waals surface area contributed by atoms with Crippen molar-refractivity contribution in [1.29, 1.82) is 0 Å². The SMILES string of the molecule is CC(C)N(Cc1ccnc(Cl)c1)CC1CCCN1. The summed E-state index contributed by atoms with van der Waals surface area (Å²) in [6, 6.07) is 5.19. The van der Waals surface area contributed by atoms with Gasteiger partial charge in [0.1, 0.15) is 5.15 Å². The Morgan fingerprint density at radius 2 is 2.39 bits per heavy atom. The maximum atomic E-state index is 5.94. The fraction of sp³-hybridized carbons (Fsp3) is 0.643. The molecule has 1 N–H and O–H groups in total. The highest BCUT2D eigenvalue weighted by Gasteiger charge is 2.19. The molecule has 0 saturated carbocycles. The maximum absolute atomic E-state index is 5.94. The molecule has 1 aromatic heterocycles. The van der Waals surface area contributed by atoms with Crippen LogP contribution in [-0.2, 0) is 6.54 Å². The van der Waals surface area contributed by atoms with Crippen LogP contribution in [0.5, 0.6) is 0 Å². The predicted molar refractivity (Wildman–Crippen MR) is 75.8 cm³/mol. The van der Waals surface area contributed by atoms with Gasteiger partial charge in [0, 0.05) is 31.4 Å². The Morgan fingerprint density at radius 3 is 3.00 bits per heavy atom. The molecule has 0 aromatic carbocycles. The fourth-order valence-corrected chi connectivity index (χ4v) is 2.63. The summed E-state index contributed by atoms with van der Waals surface area (Å²) >= 11 is 5.94. The topological polar surface area (TPSA) is 28.2 Å². The van der Waals surface area contributed by atoms with Gasteiger partial charge in [0.2, 0.25) is 0 Å². The van der Waals surface area contributed by atoms with Crippen LogP contribution in [0.15, 0.2) is 18.3 Å². The summed E-state index contributed by atoms with van der Waals surface area (Å²) in [4.78, 5) is 6.52. The van der Waals surface area contributed by atoms with Gasteiger partial charge < -0.3 is 5.32 Å². The molecular weight excluding hydrogens is 246 g/mol. The first-order valence-corrected chi connectivity index (χ1v) is 7.11. The fourth-order valence-electron chi connectivity index (χ4n) is 2.43. The summed E-state index contributed by atoms with van der Waals surface area (Å²) < 4.78 is 0. The van der Waals surface area contributed by atoms with E-state index in [4.69, 9.17) is 11.6 Å². The first-order chi connectivity index (χ1) is 8.65. The first kappa shape index (κ1) is 13.8. The quantitative estimate of drug-likeness (QED) is 0.832. The minimum Gasteiger partial charge on any atom is -0.313 e. The first-order valence-electron chi connectivity index (χ1n) is 6.73. The van der Waals surface area contributed by atoms with E-state index in [0.29, 0.717) is 17.2 Å². The molecule has 0 radical (unpaired) electrons. The van der Waals surface area contributed by atoms with Gasteiger partial charge in [-0.1, -0.05) is 11.6 Å². The van der Waals surface area contributed by atoms with Gasteiger partial charge >= 0.3 is 0 Å². The van der Waals surface area contributed by atoms with Crippen molar-refractivity contribution in [2.45, 2.75) is 45.3 Å². The molecule has 1 fully saturated rings. The summed E-state index contributed by atoms with van der Waals surface area (Å²) in [5, 5.41) is 4.14. The van der Waals surface area contributed by atoms with Gasteiger partial charge in [0.25, 0.3) is 0 Å². The largest absolute Gasteiger partial charge is 0.313 e. The molecule has 4 heteroatoms. The van der Waals surface area contributed by atoms with E-state index in [-0.39, 0.29) is 0 Å². The van der Waals surface area contributed by atoms with E-state index < -0.39 is 0 Å². The Labute approximate surface area is 115 Å². The molecule has 2 heterocycles. The van der Waals surface area contributed by atoms with Crippen LogP contribution in [0.2, 0.25) is 5.15 Å². The van der Waals surface area contributed by atoms with Crippen molar-refractivity contribution in [3.05, 3.63) is 29.0 Å². The number of nitrogens with zero attached hydrogens (tertiary/aromatic N) is 2. The van der Waals surface area contributed by atoms with Gasteiger partial charge in [-0.15, -0.1) is 0 Å². The standard InChI is InChI=1S/C14H22ClN3/c1-11(2)18(10-13-4-3-6-16-13)9-12-5-7-17-14(15)8-12/h5,7-8,11,13,16H,3-4,6,9-10H2,1-2H3. The molecule has 0 amide bonds. The lowest BCUT2D eigenvalue weighted by Gasteiger charge is -2.29. The molecule has 1 saturated heterocycles. The molecule has 2 rings (SSSR count). The molecule has 3 nitrogen and oxygen atoms in total. The Bertz CT molecular complexity index is 375. The van der Waals surface area contributed by atoms with E-state index in [1.807, 2.05) is 12.1 Å². The summed E-state index contributed by atoms with van der Waals surface area (Å²) in [5.74, 6) is 0. The molecule has 1 aliphatic heterocycles. The second-order valence-electron chi connectivity index (χ2n) is 5.30. The number of aromatic nitrogens is 1. The molecule has 0 aliphatic carbocycles. The molecular formula is C14H22ClN3. The van der Waals surface area contributed by atoms with Gasteiger partial charge in [0.05, 0.1) is 0 Å². The van der Waals surface area contributed by atoms with Crippen LogP contribution in [0.25, 0.3) is 0 Å². The van der Waals surface area contributed by atoms with Crippen molar-refractivity contribution in [3.63, 3.8) is 0 Å². The third-order valence-electron chi connectivity index (χ3n) is 3.52. The van der Waals surface area contributed by atoms with E-state index in [1.165, 1.54) is 18.4 Å². The van der Waals surface area contributed by atoms with Crippen molar-refractivity contribution in [2.24, 2.45) is 0 Å². The second kappa shape index (κ2) is 6.50. The lowest BCUT2D eigenvalue weighted by Crippen LogP contribution is -2.40. The van der Waals surface area contributed by atoms with Crippen LogP contribution >= 0.6 is 11.6 Å². The monoisotopic (exact) mass is 267 g/mol. The van der Waals surface area contributed by atoms with Gasteiger partial charge in [-0.05, 0) is 50.9 Å². The molecule has 1 aliphatic rings. The summed E-state index contributed by atoms with van der Waals surface area (Å²) in [7, 11) is 0. The Kier molecular flexibility index (Phi) is 4.98. The Hall–Kier alpha value is -0.640. The predicted octanol–water partition coefficient (Wildman–Crippen LogP) is 2.70. The zero-order valence-electron chi connectivity index (χ0n) is 11.2. The van der Waals surface area contributed by atoms with Gasteiger partial charge in [-0.3, -0.25) is 4.90 Å². The smallest absolute Gasteiger partial charge is 0.129 e. The summed E-state index contributed by atoms with van der Waals surface area (Å²) in [5.41, 5.74) is 1.24. The van der Waals surface area contributed by atoms with Crippen LogP contribution in [-0.4, -0.2) is 35.1 Å². The molecule has 0 spiro atoms. The number of hydrogen-bond acceptors (Lipinski definition) is 3. The molecule has 1 aromatic rings. The van der Waals surface area contributed by atoms with Crippen molar-refractivity contribution < 1.29 is 0 Å². The molecule has 100 valence electrons. The molecule has 1 unspecified atom stereocenters. The number of pyridine rings is 1. The van der Waals surface area contributed by atoms with Crippen molar-refractivity contribution >= 4 is 11.6 Å². The lowest BCUT2D eigenvalue weighted by molar-refractivity contribution is 0.194. The highest BCUT2D eigenvalue weighted by Crippen LogP contribution is 2.14. The van der Waals surface area contributed by atoms with Gasteiger partial charge in [-0.25, -0.2) is 4.98 Å². The third kappa shape index (κ3) is 3.94. The van der Waals surface area contributed by atoms with Crippen LogP contribution in [0, 0.1) is 0 Å². The van der Waals surface area contributed by atoms with Crippen LogP contribution in [0.4, 0.5) is 0 Å². The second-order valence-corrected chi connectivity index (χ2v) is 5.69. The average Bonchev–Trinajstić information content (AvgIpc) is 2.81. The van der Waals surface area contributed by atoms with E-state index in [0.717, 1.165) is 19.6 Å². The Balaban J connectivity index is 1.97. The summed E-state index contributed by atoms with van der Waals surface area (Å²) in [6.45, 7) is 7.71. The van der Waals surface area contributed by atoms with Gasteiger partial charge in [-0.2, -0.15) is 0 Å². The number of hydrogen-bond donors (Lipinski definition) is 1. The average molecular weight is 268 g/mol. The van der Waals surface area contributed by atoms with Crippen LogP contribution in [0.1, 0.15) is 32.3 Å². The van der Waals surface area contributed by atoms with E-state index in [2.05, 4.69) is 29.0 Å². The third-order valence-corrected chi connectivity index (χ3v) is 3.73. The molecule has 0 bridgehead atoms. The Morgan fingerprint density at radius 1 is 1.56 bits per heavy atom. The van der Waals surface area contributed by atoms with Crippen molar-refractivity contribution in [3.8, 4) is 0 Å². The van der Waals surface area contributed by atoms with E-state index >= 15 is 0 Å². The summed E-state index contributed by atoms with van der Waals surface area (Å²) in [6.07, 6.45) is 4.38. The zero-order chi connectivity index (χ0) is 13.0. The van der Waals surface area contributed by atoms with E-state index in [1.54, 1.807) is 6.20 Å². The highest BCUT2D eigenvalue weighted by atomic mass is 35.5. The number of halogens is 1. The van der Waals surface area contributed by atoms with Crippen molar-refractivity contribution in [1.82, 2.24) is 15.2 Å². The minimum absolute atomic E-state index is 0.541. The highest BCUT2D eigenvalue weighted by molar-refractivity contribution is 6.29. The number of nitrogens with one attached hydrogen (secondary N) is 1.